The Labute approximate surface area is 123 Å². The summed E-state index contributed by atoms with van der Waals surface area (Å²) in [6.07, 6.45) is 1.80. The van der Waals surface area contributed by atoms with Crippen molar-refractivity contribution in [2.75, 3.05) is 12.3 Å². The third kappa shape index (κ3) is 3.75. The normalized spacial score (nSPS) is 10.2. The Morgan fingerprint density at radius 3 is 2.55 bits per heavy atom. The second-order valence-electron chi connectivity index (χ2n) is 4.55. The van der Waals surface area contributed by atoms with E-state index in [2.05, 4.69) is 17.4 Å². The summed E-state index contributed by atoms with van der Waals surface area (Å²) in [6.45, 7) is 0.596. The number of halogens is 1. The van der Waals surface area contributed by atoms with E-state index in [1.807, 2.05) is 18.2 Å². The average molecular weight is 289 g/mol. The number of carbonyl (C=O) groups is 1. The molecule has 3 nitrogen and oxygen atoms in total. The molecular formula is C16H17ClN2O. The Hall–Kier alpha value is -2.00. The number of amides is 1. The molecule has 0 aromatic heterocycles. The van der Waals surface area contributed by atoms with Crippen molar-refractivity contribution in [2.24, 2.45) is 0 Å². The minimum atomic E-state index is -0.221. The van der Waals surface area contributed by atoms with Gasteiger partial charge in [0.05, 0.1) is 10.6 Å². The highest BCUT2D eigenvalue weighted by molar-refractivity contribution is 6.34. The lowest BCUT2D eigenvalue weighted by atomic mass is 10.1. The summed E-state index contributed by atoms with van der Waals surface area (Å²) in [6, 6.07) is 15.2. The fourth-order valence-corrected chi connectivity index (χ4v) is 2.28. The lowest BCUT2D eigenvalue weighted by Crippen LogP contribution is -2.26. The van der Waals surface area contributed by atoms with E-state index in [0.29, 0.717) is 22.8 Å². The smallest absolute Gasteiger partial charge is 0.254 e. The van der Waals surface area contributed by atoms with Crippen LogP contribution in [0.15, 0.2) is 48.5 Å². The molecule has 3 N–H and O–H groups in total. The molecule has 0 aliphatic heterocycles. The molecule has 20 heavy (non-hydrogen) atoms. The van der Waals surface area contributed by atoms with E-state index >= 15 is 0 Å². The van der Waals surface area contributed by atoms with Gasteiger partial charge in [0.25, 0.3) is 5.91 Å². The Morgan fingerprint density at radius 1 is 1.10 bits per heavy atom. The summed E-state index contributed by atoms with van der Waals surface area (Å²) in [5, 5.41) is 3.23. The molecule has 0 saturated carbocycles. The molecule has 0 bridgehead atoms. The van der Waals surface area contributed by atoms with Gasteiger partial charge in [0, 0.05) is 12.2 Å². The molecule has 4 heteroatoms. The van der Waals surface area contributed by atoms with Crippen LogP contribution in [-0.2, 0) is 6.42 Å². The third-order valence-electron chi connectivity index (χ3n) is 3.04. The first kappa shape index (κ1) is 14.4. The van der Waals surface area contributed by atoms with Crippen LogP contribution < -0.4 is 11.1 Å². The first-order chi connectivity index (χ1) is 9.68. The van der Waals surface area contributed by atoms with E-state index < -0.39 is 0 Å². The van der Waals surface area contributed by atoms with Gasteiger partial charge in [0.1, 0.15) is 0 Å². The highest BCUT2D eigenvalue weighted by atomic mass is 35.5. The summed E-state index contributed by atoms with van der Waals surface area (Å²) in [7, 11) is 0. The predicted molar refractivity (Wildman–Crippen MR) is 83.0 cm³/mol. The Balaban J connectivity index is 1.84. The molecule has 2 aromatic carbocycles. The highest BCUT2D eigenvalue weighted by Gasteiger charge is 2.12. The van der Waals surface area contributed by atoms with Gasteiger partial charge in [-0.15, -0.1) is 0 Å². The van der Waals surface area contributed by atoms with Crippen LogP contribution in [0.3, 0.4) is 0 Å². The molecule has 104 valence electrons. The van der Waals surface area contributed by atoms with Crippen molar-refractivity contribution in [1.29, 1.82) is 0 Å². The summed E-state index contributed by atoms with van der Waals surface area (Å²) in [5.74, 6) is -0.221. The van der Waals surface area contributed by atoms with E-state index in [4.69, 9.17) is 17.3 Å². The zero-order valence-electron chi connectivity index (χ0n) is 11.1. The Kier molecular flexibility index (Phi) is 5.02. The molecular weight excluding hydrogens is 272 g/mol. The molecule has 0 atom stereocenters. The minimum Gasteiger partial charge on any atom is -0.398 e. The van der Waals surface area contributed by atoms with Gasteiger partial charge in [-0.05, 0) is 30.5 Å². The topological polar surface area (TPSA) is 55.1 Å². The molecule has 0 radical (unpaired) electrons. The maximum Gasteiger partial charge on any atom is 0.254 e. The van der Waals surface area contributed by atoms with E-state index in [1.165, 1.54) is 5.56 Å². The van der Waals surface area contributed by atoms with Gasteiger partial charge < -0.3 is 11.1 Å². The van der Waals surface area contributed by atoms with Crippen LogP contribution in [0.25, 0.3) is 0 Å². The number of nitrogen functional groups attached to an aromatic ring is 1. The Morgan fingerprint density at radius 2 is 1.85 bits per heavy atom. The zero-order valence-corrected chi connectivity index (χ0v) is 11.9. The van der Waals surface area contributed by atoms with E-state index in [-0.39, 0.29) is 5.91 Å². The van der Waals surface area contributed by atoms with Crippen molar-refractivity contribution in [3.63, 3.8) is 0 Å². The van der Waals surface area contributed by atoms with Gasteiger partial charge in [0.15, 0.2) is 0 Å². The molecule has 0 unspecified atom stereocenters. The first-order valence-electron chi connectivity index (χ1n) is 6.54. The number of anilines is 1. The fourth-order valence-electron chi connectivity index (χ4n) is 2.01. The monoisotopic (exact) mass is 288 g/mol. The van der Waals surface area contributed by atoms with Crippen LogP contribution >= 0.6 is 11.6 Å². The maximum absolute atomic E-state index is 12.0. The molecule has 2 rings (SSSR count). The van der Waals surface area contributed by atoms with Crippen LogP contribution in [0.2, 0.25) is 5.02 Å². The number of hydrogen-bond acceptors (Lipinski definition) is 2. The van der Waals surface area contributed by atoms with Gasteiger partial charge in [-0.25, -0.2) is 0 Å². The lowest BCUT2D eigenvalue weighted by molar-refractivity contribution is 0.0954. The molecule has 0 aliphatic carbocycles. The molecule has 0 spiro atoms. The van der Waals surface area contributed by atoms with Gasteiger partial charge in [0.2, 0.25) is 0 Å². The number of aryl methyl sites for hydroxylation is 1. The van der Waals surface area contributed by atoms with Crippen molar-refractivity contribution in [2.45, 2.75) is 12.8 Å². The molecule has 1 amide bonds. The quantitative estimate of drug-likeness (QED) is 0.655. The molecule has 0 fully saturated rings. The largest absolute Gasteiger partial charge is 0.398 e. The summed E-state index contributed by atoms with van der Waals surface area (Å²) >= 11 is 5.99. The number of nitrogens with two attached hydrogens (primary N) is 1. The highest BCUT2D eigenvalue weighted by Crippen LogP contribution is 2.21. The summed E-state index contributed by atoms with van der Waals surface area (Å²) in [4.78, 5) is 12.0. The lowest BCUT2D eigenvalue weighted by Gasteiger charge is -2.09. The van der Waals surface area contributed by atoms with E-state index in [1.54, 1.807) is 18.2 Å². The summed E-state index contributed by atoms with van der Waals surface area (Å²) in [5.41, 5.74) is 7.79. The maximum atomic E-state index is 12.0. The van der Waals surface area contributed by atoms with E-state index in [9.17, 15) is 4.79 Å². The number of rotatable bonds is 5. The SMILES string of the molecule is Nc1cccc(Cl)c1C(=O)NCCCc1ccccc1. The number of hydrogen-bond donors (Lipinski definition) is 2. The standard InChI is InChI=1S/C16H17ClN2O/c17-13-9-4-10-14(18)15(13)16(20)19-11-5-8-12-6-2-1-3-7-12/h1-4,6-7,9-10H,5,8,11,18H2,(H,19,20). The third-order valence-corrected chi connectivity index (χ3v) is 3.36. The van der Waals surface area contributed by atoms with Crippen molar-refractivity contribution in [1.82, 2.24) is 5.32 Å². The average Bonchev–Trinajstić information content (AvgIpc) is 2.44. The molecule has 0 aliphatic rings. The Bertz CT molecular complexity index is 564. The van der Waals surface area contributed by atoms with Gasteiger partial charge in [-0.3, -0.25) is 4.79 Å². The summed E-state index contributed by atoms with van der Waals surface area (Å²) < 4.78 is 0. The van der Waals surface area contributed by atoms with Crippen LogP contribution in [0.1, 0.15) is 22.3 Å². The molecule has 2 aromatic rings. The second kappa shape index (κ2) is 6.96. The van der Waals surface area contributed by atoms with Crippen molar-refractivity contribution in [3.05, 3.63) is 64.7 Å². The van der Waals surface area contributed by atoms with Crippen molar-refractivity contribution in [3.8, 4) is 0 Å². The minimum absolute atomic E-state index is 0.221. The number of nitrogens with one attached hydrogen (secondary N) is 1. The number of benzene rings is 2. The second-order valence-corrected chi connectivity index (χ2v) is 4.96. The number of carbonyl (C=O) groups excluding carboxylic acids is 1. The predicted octanol–water partition coefficient (Wildman–Crippen LogP) is 3.28. The van der Waals surface area contributed by atoms with Gasteiger partial charge >= 0.3 is 0 Å². The fraction of sp³-hybridized carbons (Fsp3) is 0.188. The van der Waals surface area contributed by atoms with Crippen LogP contribution in [-0.4, -0.2) is 12.5 Å². The van der Waals surface area contributed by atoms with Crippen LogP contribution in [0.5, 0.6) is 0 Å². The van der Waals surface area contributed by atoms with Crippen LogP contribution in [0, 0.1) is 0 Å². The van der Waals surface area contributed by atoms with E-state index in [0.717, 1.165) is 12.8 Å². The van der Waals surface area contributed by atoms with Crippen LogP contribution in [0.4, 0.5) is 5.69 Å². The molecule has 0 heterocycles. The molecule has 0 saturated heterocycles. The van der Waals surface area contributed by atoms with Gasteiger partial charge in [-0.2, -0.15) is 0 Å². The van der Waals surface area contributed by atoms with Crippen molar-refractivity contribution >= 4 is 23.2 Å². The first-order valence-corrected chi connectivity index (χ1v) is 6.92. The van der Waals surface area contributed by atoms with Gasteiger partial charge in [-0.1, -0.05) is 48.0 Å². The zero-order chi connectivity index (χ0) is 14.4. The van der Waals surface area contributed by atoms with Crippen molar-refractivity contribution < 1.29 is 4.79 Å².